The van der Waals surface area contributed by atoms with Gasteiger partial charge in [-0.15, -0.1) is 0 Å². The minimum absolute atomic E-state index is 0.0963. The number of carbonyl (C=O) groups excluding carboxylic acids is 1. The van der Waals surface area contributed by atoms with Crippen molar-refractivity contribution in [1.29, 1.82) is 0 Å². The van der Waals surface area contributed by atoms with Crippen molar-refractivity contribution in [1.82, 2.24) is 14.9 Å². The number of hydrogen-bond donors (Lipinski definition) is 1. The van der Waals surface area contributed by atoms with Crippen LogP contribution in [0.1, 0.15) is 32.1 Å². The van der Waals surface area contributed by atoms with Crippen molar-refractivity contribution in [3.63, 3.8) is 0 Å². The van der Waals surface area contributed by atoms with E-state index in [1.165, 1.54) is 6.42 Å². The van der Waals surface area contributed by atoms with Crippen LogP contribution in [0.2, 0.25) is 0 Å². The first kappa shape index (κ1) is 17.0. The van der Waals surface area contributed by atoms with E-state index in [-0.39, 0.29) is 17.9 Å². The predicted molar refractivity (Wildman–Crippen MR) is 91.9 cm³/mol. The molecule has 1 aromatic rings. The van der Waals surface area contributed by atoms with Crippen LogP contribution in [-0.2, 0) is 4.79 Å². The van der Waals surface area contributed by atoms with E-state index in [0.29, 0.717) is 18.4 Å². The zero-order chi connectivity index (χ0) is 16.9. The first-order valence-electron chi connectivity index (χ1n) is 8.85. The summed E-state index contributed by atoms with van der Waals surface area (Å²) in [5.74, 6) is 1.63. The minimum atomic E-state index is 0.0963. The third-order valence-electron chi connectivity index (χ3n) is 5.14. The van der Waals surface area contributed by atoms with Crippen molar-refractivity contribution in [2.45, 2.75) is 38.1 Å². The molecule has 1 atom stereocenters. The van der Waals surface area contributed by atoms with E-state index in [0.717, 1.165) is 45.3 Å². The maximum atomic E-state index is 12.9. The molecule has 2 aliphatic heterocycles. The molecule has 0 spiro atoms. The Morgan fingerprint density at radius 3 is 2.79 bits per heavy atom. The van der Waals surface area contributed by atoms with Crippen molar-refractivity contribution in [2.75, 3.05) is 38.2 Å². The normalized spacial score (nSPS) is 22.5. The van der Waals surface area contributed by atoms with E-state index in [1.54, 1.807) is 19.4 Å². The highest BCUT2D eigenvalue weighted by Crippen LogP contribution is 2.26. The molecule has 24 heavy (non-hydrogen) atoms. The lowest BCUT2D eigenvalue weighted by atomic mass is 9.92. The summed E-state index contributed by atoms with van der Waals surface area (Å²) in [5.41, 5.74) is 5.86. The minimum Gasteiger partial charge on any atom is -0.481 e. The fourth-order valence-electron chi connectivity index (χ4n) is 3.70. The fraction of sp³-hybridized carbons (Fsp3) is 0.706. The number of ether oxygens (including phenoxy) is 1. The van der Waals surface area contributed by atoms with Gasteiger partial charge < -0.3 is 20.3 Å². The zero-order valence-corrected chi connectivity index (χ0v) is 14.4. The molecule has 132 valence electrons. The lowest BCUT2D eigenvalue weighted by Gasteiger charge is -2.39. The topological polar surface area (TPSA) is 84.6 Å². The Balaban J connectivity index is 1.59. The highest BCUT2D eigenvalue weighted by atomic mass is 16.5. The predicted octanol–water partition coefficient (Wildman–Crippen LogP) is 1.04. The SMILES string of the molecule is COc1ccnc(N2CCC(C(=O)N3CCCC[C@@H]3CN)CC2)n1. The van der Waals surface area contributed by atoms with E-state index in [2.05, 4.69) is 14.9 Å². The van der Waals surface area contributed by atoms with Crippen molar-refractivity contribution >= 4 is 11.9 Å². The summed E-state index contributed by atoms with van der Waals surface area (Å²) in [5, 5.41) is 0. The van der Waals surface area contributed by atoms with Crippen LogP contribution in [-0.4, -0.2) is 60.1 Å². The number of likely N-dealkylation sites (tertiary alicyclic amines) is 1. The molecule has 0 bridgehead atoms. The van der Waals surface area contributed by atoms with E-state index in [1.807, 2.05) is 4.90 Å². The Kier molecular flexibility index (Phi) is 5.50. The van der Waals surface area contributed by atoms with Crippen molar-refractivity contribution in [3.05, 3.63) is 12.3 Å². The lowest BCUT2D eigenvalue weighted by molar-refractivity contribution is -0.139. The van der Waals surface area contributed by atoms with E-state index in [9.17, 15) is 4.79 Å². The van der Waals surface area contributed by atoms with Gasteiger partial charge in [0.05, 0.1) is 7.11 Å². The number of nitrogens with zero attached hydrogens (tertiary/aromatic N) is 4. The molecule has 0 unspecified atom stereocenters. The maximum absolute atomic E-state index is 12.9. The standard InChI is InChI=1S/C17H27N5O2/c1-24-15-5-8-19-17(20-15)21-10-6-13(7-11-21)16(23)22-9-3-2-4-14(22)12-18/h5,8,13-14H,2-4,6-7,9-12,18H2,1H3/t14-/m1/s1. The summed E-state index contributed by atoms with van der Waals surface area (Å²) < 4.78 is 5.16. The van der Waals surface area contributed by atoms with Gasteiger partial charge in [0, 0.05) is 50.4 Å². The van der Waals surface area contributed by atoms with Gasteiger partial charge in [0.25, 0.3) is 0 Å². The number of nitrogens with two attached hydrogens (primary N) is 1. The van der Waals surface area contributed by atoms with Crippen LogP contribution in [0.3, 0.4) is 0 Å². The molecule has 2 fully saturated rings. The molecule has 3 rings (SSSR count). The van der Waals surface area contributed by atoms with Crippen LogP contribution in [0.15, 0.2) is 12.3 Å². The monoisotopic (exact) mass is 333 g/mol. The molecule has 3 heterocycles. The van der Waals surface area contributed by atoms with Crippen molar-refractivity contribution < 1.29 is 9.53 Å². The highest BCUT2D eigenvalue weighted by molar-refractivity contribution is 5.79. The Morgan fingerprint density at radius 1 is 1.29 bits per heavy atom. The number of methoxy groups -OCH3 is 1. The molecule has 2 aliphatic rings. The summed E-state index contributed by atoms with van der Waals surface area (Å²) in [6.45, 7) is 3.03. The van der Waals surface area contributed by atoms with Crippen molar-refractivity contribution in [2.24, 2.45) is 11.7 Å². The molecule has 0 aromatic carbocycles. The van der Waals surface area contributed by atoms with Crippen LogP contribution >= 0.6 is 0 Å². The molecule has 0 aliphatic carbocycles. The summed E-state index contributed by atoms with van der Waals surface area (Å²) in [7, 11) is 1.60. The van der Waals surface area contributed by atoms with Crippen molar-refractivity contribution in [3.8, 4) is 5.88 Å². The van der Waals surface area contributed by atoms with Gasteiger partial charge in [-0.25, -0.2) is 4.98 Å². The average Bonchev–Trinajstić information content (AvgIpc) is 2.67. The second-order valence-corrected chi connectivity index (χ2v) is 6.58. The first-order chi connectivity index (χ1) is 11.7. The number of carbonyl (C=O) groups is 1. The number of anilines is 1. The number of aromatic nitrogens is 2. The van der Waals surface area contributed by atoms with Gasteiger partial charge in [-0.1, -0.05) is 0 Å². The molecule has 0 saturated carbocycles. The molecule has 7 nitrogen and oxygen atoms in total. The zero-order valence-electron chi connectivity index (χ0n) is 14.4. The highest BCUT2D eigenvalue weighted by Gasteiger charge is 2.33. The van der Waals surface area contributed by atoms with Gasteiger partial charge in [0.15, 0.2) is 0 Å². The smallest absolute Gasteiger partial charge is 0.228 e. The Hall–Kier alpha value is -1.89. The van der Waals surface area contributed by atoms with E-state index < -0.39 is 0 Å². The van der Waals surface area contributed by atoms with Crippen LogP contribution in [0.25, 0.3) is 0 Å². The molecule has 0 radical (unpaired) electrons. The van der Waals surface area contributed by atoms with E-state index in [4.69, 9.17) is 10.5 Å². The number of piperidine rings is 2. The second kappa shape index (κ2) is 7.79. The van der Waals surface area contributed by atoms with Crippen LogP contribution in [0, 0.1) is 5.92 Å². The van der Waals surface area contributed by atoms with Crippen LogP contribution < -0.4 is 15.4 Å². The summed E-state index contributed by atoms with van der Waals surface area (Å²) in [4.78, 5) is 25.7. The first-order valence-corrected chi connectivity index (χ1v) is 8.85. The van der Waals surface area contributed by atoms with Crippen LogP contribution in [0.4, 0.5) is 5.95 Å². The van der Waals surface area contributed by atoms with Gasteiger partial charge in [0.1, 0.15) is 0 Å². The van der Waals surface area contributed by atoms with E-state index >= 15 is 0 Å². The fourth-order valence-corrected chi connectivity index (χ4v) is 3.70. The quantitative estimate of drug-likeness (QED) is 0.886. The van der Waals surface area contributed by atoms with Gasteiger partial charge in [-0.2, -0.15) is 4.98 Å². The molecular formula is C17H27N5O2. The Morgan fingerprint density at radius 2 is 2.08 bits per heavy atom. The van der Waals surface area contributed by atoms with Gasteiger partial charge in [-0.3, -0.25) is 4.79 Å². The number of amides is 1. The van der Waals surface area contributed by atoms with Gasteiger partial charge in [-0.05, 0) is 32.1 Å². The maximum Gasteiger partial charge on any atom is 0.228 e. The molecule has 2 saturated heterocycles. The Labute approximate surface area is 143 Å². The third kappa shape index (κ3) is 3.61. The molecule has 1 aromatic heterocycles. The largest absolute Gasteiger partial charge is 0.481 e. The summed E-state index contributed by atoms with van der Waals surface area (Å²) in [6.07, 6.45) is 6.70. The molecular weight excluding hydrogens is 306 g/mol. The van der Waals surface area contributed by atoms with Gasteiger partial charge >= 0.3 is 0 Å². The summed E-state index contributed by atoms with van der Waals surface area (Å²) in [6, 6.07) is 1.97. The lowest BCUT2D eigenvalue weighted by Crippen LogP contribution is -2.51. The second-order valence-electron chi connectivity index (χ2n) is 6.58. The molecule has 7 heteroatoms. The molecule has 1 amide bonds. The third-order valence-corrected chi connectivity index (χ3v) is 5.14. The molecule has 2 N–H and O–H groups in total. The van der Waals surface area contributed by atoms with Gasteiger partial charge in [0.2, 0.25) is 17.7 Å². The average molecular weight is 333 g/mol. The number of hydrogen-bond acceptors (Lipinski definition) is 6. The number of rotatable bonds is 4. The Bertz CT molecular complexity index is 560. The van der Waals surface area contributed by atoms with Crippen LogP contribution in [0.5, 0.6) is 5.88 Å². The summed E-state index contributed by atoms with van der Waals surface area (Å²) >= 11 is 0.